The Morgan fingerprint density at radius 3 is 2.38 bits per heavy atom. The number of alkyl halides is 3. The molecule has 0 bridgehead atoms. The molecule has 1 aromatic carbocycles. The van der Waals surface area contributed by atoms with E-state index in [-0.39, 0.29) is 6.04 Å². The average molecular weight is 303 g/mol. The van der Waals surface area contributed by atoms with E-state index in [1.165, 1.54) is 25.3 Å². The third-order valence-electron chi connectivity index (χ3n) is 4.34. The molecule has 1 aliphatic carbocycles. The molecule has 0 aliphatic heterocycles. The molecule has 1 fully saturated rings. The molecule has 0 radical (unpaired) electrons. The van der Waals surface area contributed by atoms with E-state index >= 15 is 0 Å². The van der Waals surface area contributed by atoms with Crippen LogP contribution in [0.5, 0.6) is 0 Å². The van der Waals surface area contributed by atoms with Crippen LogP contribution < -0.4 is 5.32 Å². The van der Waals surface area contributed by atoms with E-state index in [2.05, 4.69) is 5.32 Å². The lowest BCUT2D eigenvalue weighted by Crippen LogP contribution is -2.21. The number of halogens is 4. The van der Waals surface area contributed by atoms with Crippen molar-refractivity contribution in [3.8, 4) is 0 Å². The molecule has 0 saturated heterocycles. The van der Waals surface area contributed by atoms with Crippen molar-refractivity contribution < 1.29 is 17.6 Å². The summed E-state index contributed by atoms with van der Waals surface area (Å²) in [4.78, 5) is 0. The summed E-state index contributed by atoms with van der Waals surface area (Å²) in [5.74, 6) is -0.620. The van der Waals surface area contributed by atoms with E-state index in [1.807, 2.05) is 0 Å². The van der Waals surface area contributed by atoms with Gasteiger partial charge in [0.1, 0.15) is 5.82 Å². The molecule has 1 unspecified atom stereocenters. The fraction of sp³-hybridized carbons (Fsp3) is 0.625. The topological polar surface area (TPSA) is 12.0 Å². The Morgan fingerprint density at radius 2 is 1.86 bits per heavy atom. The molecule has 21 heavy (non-hydrogen) atoms. The Hall–Kier alpha value is -1.10. The van der Waals surface area contributed by atoms with Crippen LogP contribution in [0.1, 0.15) is 55.7 Å². The molecule has 0 spiro atoms. The molecule has 0 aromatic heterocycles. The predicted octanol–water partition coefficient (Wildman–Crippen LogP) is 5.08. The second-order valence-corrected chi connectivity index (χ2v) is 5.82. The van der Waals surface area contributed by atoms with Gasteiger partial charge < -0.3 is 5.32 Å². The van der Waals surface area contributed by atoms with E-state index in [4.69, 9.17) is 0 Å². The predicted molar refractivity (Wildman–Crippen MR) is 74.4 cm³/mol. The standard InChI is InChI=1S/C16H21F4N/c1-21-15(9-11-5-3-2-4-6-11)12-7-8-13(14(17)10-12)16(18,19)20/h7-8,10-11,15,21H,2-6,9H2,1H3. The van der Waals surface area contributed by atoms with Crippen LogP contribution in [0.3, 0.4) is 0 Å². The second kappa shape index (κ2) is 6.77. The Kier molecular flexibility index (Phi) is 5.25. The first-order chi connectivity index (χ1) is 9.91. The van der Waals surface area contributed by atoms with E-state index in [0.29, 0.717) is 11.5 Å². The lowest BCUT2D eigenvalue weighted by Gasteiger charge is -2.27. The van der Waals surface area contributed by atoms with Crippen molar-refractivity contribution in [2.45, 2.75) is 50.7 Å². The fourth-order valence-corrected chi connectivity index (χ4v) is 3.15. The molecule has 0 amide bonds. The fourth-order valence-electron chi connectivity index (χ4n) is 3.15. The van der Waals surface area contributed by atoms with Gasteiger partial charge >= 0.3 is 6.18 Å². The lowest BCUT2D eigenvalue weighted by molar-refractivity contribution is -0.140. The van der Waals surface area contributed by atoms with Crippen LogP contribution >= 0.6 is 0 Å². The van der Waals surface area contributed by atoms with Crippen molar-refractivity contribution in [3.05, 3.63) is 35.1 Å². The summed E-state index contributed by atoms with van der Waals surface area (Å²) in [7, 11) is 1.77. The molecule has 1 nitrogen and oxygen atoms in total. The molecule has 1 aromatic rings. The quantitative estimate of drug-likeness (QED) is 0.765. The zero-order valence-electron chi connectivity index (χ0n) is 12.1. The van der Waals surface area contributed by atoms with Gasteiger partial charge in [0.2, 0.25) is 0 Å². The largest absolute Gasteiger partial charge is 0.419 e. The first-order valence-electron chi connectivity index (χ1n) is 7.45. The Balaban J connectivity index is 2.12. The van der Waals surface area contributed by atoms with Crippen molar-refractivity contribution in [3.63, 3.8) is 0 Å². The summed E-state index contributed by atoms with van der Waals surface area (Å²) in [6.07, 6.45) is 2.20. The van der Waals surface area contributed by atoms with Gasteiger partial charge in [-0.2, -0.15) is 13.2 Å². The highest BCUT2D eigenvalue weighted by atomic mass is 19.4. The monoisotopic (exact) mass is 303 g/mol. The number of nitrogens with one attached hydrogen (secondary N) is 1. The summed E-state index contributed by atoms with van der Waals surface area (Å²) in [6.45, 7) is 0. The third-order valence-corrected chi connectivity index (χ3v) is 4.34. The van der Waals surface area contributed by atoms with Crippen LogP contribution in [-0.4, -0.2) is 7.05 Å². The zero-order chi connectivity index (χ0) is 15.5. The highest BCUT2D eigenvalue weighted by Gasteiger charge is 2.34. The van der Waals surface area contributed by atoms with Crippen LogP contribution in [-0.2, 0) is 6.18 Å². The van der Waals surface area contributed by atoms with Crippen LogP contribution in [0.25, 0.3) is 0 Å². The van der Waals surface area contributed by atoms with E-state index < -0.39 is 17.6 Å². The van der Waals surface area contributed by atoms with Gasteiger partial charge in [0.15, 0.2) is 0 Å². The van der Waals surface area contributed by atoms with E-state index in [9.17, 15) is 17.6 Å². The van der Waals surface area contributed by atoms with E-state index in [1.54, 1.807) is 7.05 Å². The zero-order valence-corrected chi connectivity index (χ0v) is 12.1. The number of rotatable bonds is 4. The minimum absolute atomic E-state index is 0.0927. The minimum Gasteiger partial charge on any atom is -0.313 e. The Morgan fingerprint density at radius 1 is 1.19 bits per heavy atom. The summed E-state index contributed by atoms with van der Waals surface area (Å²) >= 11 is 0. The van der Waals surface area contributed by atoms with Gasteiger partial charge in [-0.05, 0) is 37.1 Å². The molecule has 1 N–H and O–H groups in total. The lowest BCUT2D eigenvalue weighted by atomic mass is 9.83. The molecule has 1 aliphatic rings. The minimum atomic E-state index is -4.64. The van der Waals surface area contributed by atoms with Crippen LogP contribution in [0.4, 0.5) is 17.6 Å². The van der Waals surface area contributed by atoms with Crippen molar-refractivity contribution in [1.82, 2.24) is 5.32 Å². The molecule has 1 atom stereocenters. The van der Waals surface area contributed by atoms with Gasteiger partial charge in [0.05, 0.1) is 5.56 Å². The Bertz CT molecular complexity index is 464. The summed E-state index contributed by atoms with van der Waals surface area (Å²) < 4.78 is 51.4. The van der Waals surface area contributed by atoms with Gasteiger partial charge in [-0.25, -0.2) is 4.39 Å². The molecule has 118 valence electrons. The summed E-state index contributed by atoms with van der Waals surface area (Å²) in [5.41, 5.74) is -0.604. The maximum absolute atomic E-state index is 13.7. The SMILES string of the molecule is CNC(CC1CCCCC1)c1ccc(C(F)(F)F)c(F)c1. The number of benzene rings is 1. The first kappa shape index (κ1) is 16.3. The average Bonchev–Trinajstić information content (AvgIpc) is 2.44. The number of hydrogen-bond donors (Lipinski definition) is 1. The maximum Gasteiger partial charge on any atom is 0.419 e. The molecular weight excluding hydrogens is 282 g/mol. The van der Waals surface area contributed by atoms with Crippen molar-refractivity contribution in [2.24, 2.45) is 5.92 Å². The molecular formula is C16H21F4N. The maximum atomic E-state index is 13.7. The van der Waals surface area contributed by atoms with Crippen LogP contribution in [0, 0.1) is 11.7 Å². The summed E-state index contributed by atoms with van der Waals surface area (Å²) in [5, 5.41) is 3.10. The summed E-state index contributed by atoms with van der Waals surface area (Å²) in [6, 6.07) is 3.16. The van der Waals surface area contributed by atoms with Crippen LogP contribution in [0.2, 0.25) is 0 Å². The van der Waals surface area contributed by atoms with Gasteiger partial charge in [-0.1, -0.05) is 38.2 Å². The molecule has 2 rings (SSSR count). The highest BCUT2D eigenvalue weighted by molar-refractivity contribution is 5.28. The second-order valence-electron chi connectivity index (χ2n) is 5.82. The van der Waals surface area contributed by atoms with E-state index in [0.717, 1.165) is 31.4 Å². The van der Waals surface area contributed by atoms with Crippen molar-refractivity contribution in [1.29, 1.82) is 0 Å². The molecule has 1 saturated carbocycles. The third kappa shape index (κ3) is 4.19. The van der Waals surface area contributed by atoms with Gasteiger partial charge in [-0.15, -0.1) is 0 Å². The number of hydrogen-bond acceptors (Lipinski definition) is 1. The van der Waals surface area contributed by atoms with Crippen molar-refractivity contribution >= 4 is 0 Å². The Labute approximate surface area is 122 Å². The van der Waals surface area contributed by atoms with Crippen molar-refractivity contribution in [2.75, 3.05) is 7.05 Å². The van der Waals surface area contributed by atoms with Crippen LogP contribution in [0.15, 0.2) is 18.2 Å². The van der Waals surface area contributed by atoms with Gasteiger partial charge in [0.25, 0.3) is 0 Å². The highest BCUT2D eigenvalue weighted by Crippen LogP contribution is 2.35. The first-order valence-corrected chi connectivity index (χ1v) is 7.45. The molecule has 0 heterocycles. The van der Waals surface area contributed by atoms with Gasteiger partial charge in [-0.3, -0.25) is 0 Å². The smallest absolute Gasteiger partial charge is 0.313 e. The molecule has 5 heteroatoms. The normalized spacial score (nSPS) is 18.7. The van der Waals surface area contributed by atoms with Gasteiger partial charge in [0, 0.05) is 6.04 Å².